The lowest BCUT2D eigenvalue weighted by molar-refractivity contribution is 0.282. The number of fused-ring (bicyclic) bond motifs is 2. The third kappa shape index (κ3) is 17.1. The summed E-state index contributed by atoms with van der Waals surface area (Å²) in [6.45, 7) is 13.2. The molecule has 0 saturated carbocycles. The zero-order valence-electron chi connectivity index (χ0n) is 54.1. The van der Waals surface area contributed by atoms with Crippen LogP contribution in [0.3, 0.4) is 0 Å². The van der Waals surface area contributed by atoms with Crippen LogP contribution in [0.25, 0.3) is 67.2 Å². The molecule has 0 bridgehead atoms. The van der Waals surface area contributed by atoms with Crippen molar-refractivity contribution < 1.29 is 13.5 Å². The highest BCUT2D eigenvalue weighted by molar-refractivity contribution is 7.90. The largest absolute Gasteiger partial charge is 0.392 e. The van der Waals surface area contributed by atoms with Crippen LogP contribution in [-0.4, -0.2) is 85.6 Å². The van der Waals surface area contributed by atoms with Crippen LogP contribution in [0.1, 0.15) is 78.3 Å². The summed E-state index contributed by atoms with van der Waals surface area (Å²) in [5, 5.41) is 13.1. The fraction of sp³-hybridized carbons (Fsp3) is 0.183. The number of pyridine rings is 1. The van der Waals surface area contributed by atoms with E-state index in [0.717, 1.165) is 111 Å². The van der Waals surface area contributed by atoms with Crippen LogP contribution in [0.4, 0.5) is 35.6 Å². The molecule has 0 unspecified atom stereocenters. The summed E-state index contributed by atoms with van der Waals surface area (Å²) in [6.07, 6.45) is 8.45. The molecule has 0 spiro atoms. The molecule has 0 fully saturated rings. The molecule has 25 heteroatoms. The molecular formula is C71H74ClN19O4S. The van der Waals surface area contributed by atoms with Gasteiger partial charge >= 0.3 is 0 Å². The number of aromatic nitrogens is 12. The van der Waals surface area contributed by atoms with Gasteiger partial charge in [-0.2, -0.15) is 4.98 Å². The number of hydrogen-bond donors (Lipinski definition) is 8. The molecule has 13 N–H and O–H groups in total. The normalized spacial score (nSPS) is 11.2. The van der Waals surface area contributed by atoms with Crippen molar-refractivity contribution in [3.8, 4) is 56.3 Å². The Labute approximate surface area is 561 Å². The van der Waals surface area contributed by atoms with Crippen molar-refractivity contribution in [3.05, 3.63) is 230 Å². The predicted octanol–water partition coefficient (Wildman–Crippen LogP) is 11.5. The third-order valence-electron chi connectivity index (χ3n) is 15.3. The lowest BCUT2D eigenvalue weighted by atomic mass is 9.96. The van der Waals surface area contributed by atoms with Crippen LogP contribution in [0.2, 0.25) is 5.02 Å². The SMILES string of the molecule is CCc1cc(-c2ccc(=O)[nH]c2)nc(N)n1.CCc1cc(-c2ccc(CO)cc2)nc(N)n1.CCc1cc(-c2ccc3c(c2C)C=NC3)nc(N)n1.CCc1cc(-c2ccccc2C)nc(N)n1.CNc1cc(-c2cn(S(=O)(=O)c3ccc(Cl)cc3)c3ccccc23)nc(N)n1. The van der Waals surface area contributed by atoms with Crippen molar-refractivity contribution in [1.82, 2.24) is 58.8 Å². The van der Waals surface area contributed by atoms with Gasteiger partial charge in [0.1, 0.15) is 5.82 Å². The van der Waals surface area contributed by atoms with E-state index in [-0.39, 0.29) is 29.0 Å². The summed E-state index contributed by atoms with van der Waals surface area (Å²) in [5.41, 5.74) is 47.0. The van der Waals surface area contributed by atoms with Gasteiger partial charge in [0.2, 0.25) is 35.3 Å². The monoisotopic (exact) mass is 1320 g/mol. The van der Waals surface area contributed by atoms with E-state index in [1.807, 2.05) is 92.9 Å². The number of rotatable bonds is 13. The van der Waals surface area contributed by atoms with E-state index >= 15 is 0 Å². The zero-order valence-corrected chi connectivity index (χ0v) is 55.7. The van der Waals surface area contributed by atoms with Gasteiger partial charge in [-0.1, -0.05) is 118 Å². The van der Waals surface area contributed by atoms with Gasteiger partial charge in [-0.25, -0.2) is 57.2 Å². The van der Waals surface area contributed by atoms with E-state index < -0.39 is 10.0 Å². The van der Waals surface area contributed by atoms with Crippen LogP contribution in [0.5, 0.6) is 0 Å². The van der Waals surface area contributed by atoms with Gasteiger partial charge in [0.25, 0.3) is 10.0 Å². The molecule has 490 valence electrons. The number of H-pyrrole nitrogens is 1. The predicted molar refractivity (Wildman–Crippen MR) is 383 cm³/mol. The molecule has 0 atom stereocenters. The molecule has 7 aromatic heterocycles. The highest BCUT2D eigenvalue weighted by atomic mass is 35.5. The maximum absolute atomic E-state index is 13.2. The molecule has 12 aromatic rings. The molecular weight excluding hydrogens is 1250 g/mol. The van der Waals surface area contributed by atoms with Crippen LogP contribution >= 0.6 is 11.6 Å². The second-order valence-corrected chi connectivity index (χ2v) is 24.0. The molecule has 8 heterocycles. The summed E-state index contributed by atoms with van der Waals surface area (Å²) in [7, 11) is -2.11. The molecule has 0 aliphatic carbocycles. The van der Waals surface area contributed by atoms with Crippen LogP contribution < -0.4 is 39.5 Å². The molecule has 13 rings (SSSR count). The Kier molecular flexibility index (Phi) is 22.7. The van der Waals surface area contributed by atoms with Crippen molar-refractivity contribution in [1.29, 1.82) is 0 Å². The first kappa shape index (κ1) is 69.0. The maximum atomic E-state index is 13.2. The Balaban J connectivity index is 0.000000144. The summed E-state index contributed by atoms with van der Waals surface area (Å²) in [6, 6.07) is 45.9. The number of aliphatic hydroxyl groups excluding tert-OH is 1. The van der Waals surface area contributed by atoms with Crippen molar-refractivity contribution >= 4 is 74.3 Å². The number of aliphatic imine (C=N–C) groups is 1. The highest BCUT2D eigenvalue weighted by Gasteiger charge is 2.23. The van der Waals surface area contributed by atoms with Gasteiger partial charge < -0.3 is 44.1 Å². The second-order valence-electron chi connectivity index (χ2n) is 21.8. The molecule has 5 aromatic carbocycles. The Morgan fingerprint density at radius 3 is 1.59 bits per heavy atom. The molecule has 1 aliphatic heterocycles. The molecule has 0 saturated heterocycles. The van der Waals surface area contributed by atoms with E-state index in [1.165, 1.54) is 44.4 Å². The summed E-state index contributed by atoms with van der Waals surface area (Å²) in [5.74, 6) is 1.87. The zero-order chi connectivity index (χ0) is 68.6. The van der Waals surface area contributed by atoms with E-state index in [1.54, 1.807) is 55.8 Å². The fourth-order valence-electron chi connectivity index (χ4n) is 10.2. The number of benzene rings is 5. The van der Waals surface area contributed by atoms with Crippen molar-refractivity contribution in [3.63, 3.8) is 0 Å². The van der Waals surface area contributed by atoms with E-state index in [0.29, 0.717) is 45.5 Å². The van der Waals surface area contributed by atoms with Gasteiger partial charge in [-0.3, -0.25) is 9.79 Å². The highest BCUT2D eigenvalue weighted by Crippen LogP contribution is 2.34. The van der Waals surface area contributed by atoms with Gasteiger partial charge in [-0.15, -0.1) is 0 Å². The smallest absolute Gasteiger partial charge is 0.268 e. The Hall–Kier alpha value is -11.3. The lowest BCUT2D eigenvalue weighted by Gasteiger charge is -2.10. The number of aromatic amines is 1. The van der Waals surface area contributed by atoms with Crippen molar-refractivity contribution in [2.24, 2.45) is 4.99 Å². The number of aliphatic hydroxyl groups is 1. The minimum absolute atomic E-state index is 0.0480. The molecule has 1 aliphatic rings. The van der Waals surface area contributed by atoms with Crippen molar-refractivity contribution in [2.45, 2.75) is 85.3 Å². The quantitative estimate of drug-likeness (QED) is 0.0531. The fourth-order valence-corrected chi connectivity index (χ4v) is 11.7. The Morgan fingerprint density at radius 1 is 0.552 bits per heavy atom. The molecule has 0 amide bonds. The summed E-state index contributed by atoms with van der Waals surface area (Å²) in [4.78, 5) is 60.0. The first-order chi connectivity index (χ1) is 46.2. The minimum atomic E-state index is -3.83. The first-order valence-electron chi connectivity index (χ1n) is 30.8. The van der Waals surface area contributed by atoms with Crippen LogP contribution in [0.15, 0.2) is 179 Å². The van der Waals surface area contributed by atoms with E-state index in [9.17, 15) is 13.2 Å². The Bertz CT molecular complexity index is 4910. The summed E-state index contributed by atoms with van der Waals surface area (Å²) < 4.78 is 27.7. The van der Waals surface area contributed by atoms with Crippen LogP contribution in [0, 0.1) is 13.8 Å². The molecule has 0 radical (unpaired) electrons. The number of anilines is 6. The Morgan fingerprint density at radius 2 is 1.05 bits per heavy atom. The van der Waals surface area contributed by atoms with Gasteiger partial charge in [0, 0.05) is 104 Å². The van der Waals surface area contributed by atoms with Crippen LogP contribution in [-0.2, 0) is 48.9 Å². The molecule has 96 heavy (non-hydrogen) atoms. The number of para-hydroxylation sites is 1. The second kappa shape index (κ2) is 31.5. The molecule has 23 nitrogen and oxygen atoms in total. The average Bonchev–Trinajstić information content (AvgIpc) is 1.62. The van der Waals surface area contributed by atoms with Gasteiger partial charge in [0.15, 0.2) is 0 Å². The topological polar surface area (TPSA) is 376 Å². The first-order valence-corrected chi connectivity index (χ1v) is 32.6. The number of nitrogens with two attached hydrogens (primary N) is 5. The minimum Gasteiger partial charge on any atom is -0.392 e. The number of aryl methyl sites for hydroxylation is 5. The number of nitrogens with one attached hydrogen (secondary N) is 2. The number of hydrogen-bond acceptors (Lipinski definition) is 21. The summed E-state index contributed by atoms with van der Waals surface area (Å²) >= 11 is 5.90. The number of nitrogen functional groups attached to an aromatic ring is 5. The lowest BCUT2D eigenvalue weighted by Crippen LogP contribution is -2.11. The van der Waals surface area contributed by atoms with Gasteiger partial charge in [-0.05, 0) is 122 Å². The van der Waals surface area contributed by atoms with E-state index in [4.69, 9.17) is 45.4 Å². The van der Waals surface area contributed by atoms with Gasteiger partial charge in [0.05, 0.1) is 52.0 Å². The van der Waals surface area contributed by atoms with E-state index in [2.05, 4.69) is 117 Å². The number of nitrogens with zero attached hydrogens (tertiary/aromatic N) is 12. The number of halogens is 1. The van der Waals surface area contributed by atoms with Crippen molar-refractivity contribution in [2.75, 3.05) is 41.0 Å². The standard InChI is InChI=1S/C19H16ClN5O2S.C15H16N4.C13H15N3O.C13H15N3.C11H12N4O/c1-22-18-10-16(23-19(21)24-18)15-11-25(17-5-3-2-4-14(15)17)28(26,27)13-8-6-12(20)7-9-13;1-3-11-6-14(19-15(16)18-11)12-5-4-10-7-17-8-13(10)9(12)2;1-2-11-7-12(16-13(14)15-11)10-5-3-9(8-17)4-6-10;1-3-10-8-12(16-13(14)15-10)11-7-5-4-6-9(11)2;1-2-8-5-9(15-11(12)14-8)7-3-4-10(16)13-6-7/h2-11H,1H3,(H3,21,22,23,24);4-6,8H,3,7H2,1-2H3,(H2,16,18,19);3-7,17H,2,8H2,1H3,(H2,14,15,16);4-8H,3H2,1-2H3,(H2,14,15,16);3-6H,2H2,1H3,(H,13,16)(H2,12,14,15). The average molecular weight is 1330 g/mol. The third-order valence-corrected chi connectivity index (χ3v) is 17.2. The maximum Gasteiger partial charge on any atom is 0.268 e.